The van der Waals surface area contributed by atoms with Crippen molar-refractivity contribution >= 4 is 37.8 Å². The molecule has 0 saturated heterocycles. The molecule has 4 heteroatoms. The number of halogens is 2. The molecule has 0 aromatic heterocycles. The van der Waals surface area contributed by atoms with Crippen molar-refractivity contribution in [1.29, 1.82) is 0 Å². The average molecular weight is 322 g/mol. The van der Waals surface area contributed by atoms with Crippen LogP contribution in [0.15, 0.2) is 21.1 Å². The van der Waals surface area contributed by atoms with Crippen LogP contribution in [0, 0.1) is 6.92 Å². The molecule has 0 fully saturated rings. The van der Waals surface area contributed by atoms with Crippen LogP contribution in [0.1, 0.15) is 22.8 Å². The highest BCUT2D eigenvalue weighted by atomic mass is 79.9. The van der Waals surface area contributed by atoms with E-state index in [1.807, 2.05) is 6.92 Å². The predicted molar refractivity (Wildman–Crippen MR) is 62.5 cm³/mol. The van der Waals surface area contributed by atoms with Crippen molar-refractivity contribution in [3.05, 3.63) is 32.2 Å². The maximum Gasteiger partial charge on any atom is 0.338 e. The lowest BCUT2D eigenvalue weighted by Crippen LogP contribution is -2.05. The third kappa shape index (κ3) is 2.58. The molecule has 1 rings (SSSR count). The first-order valence-corrected chi connectivity index (χ1v) is 5.77. The molecule has 2 nitrogen and oxygen atoms in total. The molecular weight excluding hydrogens is 312 g/mol. The van der Waals surface area contributed by atoms with Crippen molar-refractivity contribution < 1.29 is 9.53 Å². The van der Waals surface area contributed by atoms with E-state index in [0.29, 0.717) is 12.2 Å². The van der Waals surface area contributed by atoms with Gasteiger partial charge in [0, 0.05) is 8.95 Å². The highest BCUT2D eigenvalue weighted by molar-refractivity contribution is 9.13. The Bertz CT molecular complexity index is 338. The lowest BCUT2D eigenvalue weighted by Gasteiger charge is -2.06. The third-order valence-corrected chi connectivity index (χ3v) is 3.93. The minimum Gasteiger partial charge on any atom is -0.462 e. The molecule has 0 atom stereocenters. The maximum atomic E-state index is 11.4. The first-order chi connectivity index (χ1) is 6.56. The third-order valence-electron chi connectivity index (χ3n) is 1.72. The molecule has 0 bridgehead atoms. The van der Waals surface area contributed by atoms with Gasteiger partial charge in [-0.2, -0.15) is 0 Å². The van der Waals surface area contributed by atoms with Crippen molar-refractivity contribution in [2.45, 2.75) is 13.8 Å². The number of carbonyl (C=O) groups is 1. The highest BCUT2D eigenvalue weighted by Gasteiger charge is 2.10. The summed E-state index contributed by atoms with van der Waals surface area (Å²) >= 11 is 6.76. The maximum absolute atomic E-state index is 11.4. The van der Waals surface area contributed by atoms with E-state index < -0.39 is 0 Å². The van der Waals surface area contributed by atoms with Gasteiger partial charge in [0.2, 0.25) is 0 Å². The summed E-state index contributed by atoms with van der Waals surface area (Å²) in [6.45, 7) is 4.11. The summed E-state index contributed by atoms with van der Waals surface area (Å²) in [6, 6.07) is 3.54. The Kier molecular flexibility index (Phi) is 4.13. The molecule has 0 aliphatic rings. The van der Waals surface area contributed by atoms with Crippen LogP contribution >= 0.6 is 31.9 Å². The van der Waals surface area contributed by atoms with Gasteiger partial charge in [0.05, 0.1) is 12.2 Å². The van der Waals surface area contributed by atoms with Gasteiger partial charge in [-0.3, -0.25) is 0 Å². The molecule has 0 radical (unpaired) electrons. The van der Waals surface area contributed by atoms with Gasteiger partial charge in [-0.1, -0.05) is 0 Å². The minimum atomic E-state index is -0.288. The van der Waals surface area contributed by atoms with E-state index in [4.69, 9.17) is 4.74 Å². The summed E-state index contributed by atoms with van der Waals surface area (Å²) in [7, 11) is 0. The largest absolute Gasteiger partial charge is 0.462 e. The molecule has 76 valence electrons. The predicted octanol–water partition coefficient (Wildman–Crippen LogP) is 3.70. The zero-order chi connectivity index (χ0) is 10.7. The minimum absolute atomic E-state index is 0.288. The van der Waals surface area contributed by atoms with Crippen molar-refractivity contribution in [2.75, 3.05) is 6.61 Å². The summed E-state index contributed by atoms with van der Waals surface area (Å²) < 4.78 is 6.73. The number of ether oxygens (including phenoxy) is 1. The van der Waals surface area contributed by atoms with Crippen molar-refractivity contribution in [1.82, 2.24) is 0 Å². The van der Waals surface area contributed by atoms with E-state index in [-0.39, 0.29) is 5.97 Å². The number of esters is 1. The van der Waals surface area contributed by atoms with Gasteiger partial charge >= 0.3 is 5.97 Å². The van der Waals surface area contributed by atoms with E-state index in [1.165, 1.54) is 0 Å². The second kappa shape index (κ2) is 4.94. The van der Waals surface area contributed by atoms with Gasteiger partial charge in [0.25, 0.3) is 0 Å². The lowest BCUT2D eigenvalue weighted by atomic mass is 10.1. The Morgan fingerprint density at radius 2 is 2.07 bits per heavy atom. The molecule has 0 aliphatic carbocycles. The van der Waals surface area contributed by atoms with Crippen molar-refractivity contribution in [3.8, 4) is 0 Å². The van der Waals surface area contributed by atoms with Gasteiger partial charge < -0.3 is 4.74 Å². The first kappa shape index (κ1) is 11.7. The molecule has 0 heterocycles. The van der Waals surface area contributed by atoms with Crippen molar-refractivity contribution in [2.24, 2.45) is 0 Å². The van der Waals surface area contributed by atoms with Crippen LogP contribution in [-0.2, 0) is 4.74 Å². The Morgan fingerprint density at radius 1 is 1.43 bits per heavy atom. The van der Waals surface area contributed by atoms with Crippen molar-refractivity contribution in [3.63, 3.8) is 0 Å². The number of aryl methyl sites for hydroxylation is 1. The van der Waals surface area contributed by atoms with E-state index in [2.05, 4.69) is 31.9 Å². The Balaban J connectivity index is 3.06. The number of carbonyl (C=O) groups excluding carboxylic acids is 1. The van der Waals surface area contributed by atoms with Crippen LogP contribution in [0.2, 0.25) is 0 Å². The van der Waals surface area contributed by atoms with Crippen LogP contribution in [0.4, 0.5) is 0 Å². The molecule has 1 aromatic rings. The van der Waals surface area contributed by atoms with Gasteiger partial charge in [-0.05, 0) is 63.4 Å². The average Bonchev–Trinajstić information content (AvgIpc) is 2.13. The van der Waals surface area contributed by atoms with E-state index in [1.54, 1.807) is 19.1 Å². The summed E-state index contributed by atoms with van der Waals surface area (Å²) in [5.41, 5.74) is 1.57. The number of benzene rings is 1. The van der Waals surface area contributed by atoms with Gasteiger partial charge in [0.1, 0.15) is 0 Å². The summed E-state index contributed by atoms with van der Waals surface area (Å²) in [4.78, 5) is 11.4. The van der Waals surface area contributed by atoms with E-state index in [0.717, 1.165) is 14.5 Å². The molecule has 1 aromatic carbocycles. The number of hydrogen-bond acceptors (Lipinski definition) is 2. The van der Waals surface area contributed by atoms with Crippen LogP contribution in [0.3, 0.4) is 0 Å². The molecule has 0 unspecified atom stereocenters. The summed E-state index contributed by atoms with van der Waals surface area (Å²) in [5, 5.41) is 0. The number of rotatable bonds is 2. The van der Waals surface area contributed by atoms with Gasteiger partial charge in [-0.15, -0.1) is 0 Å². The van der Waals surface area contributed by atoms with E-state index in [9.17, 15) is 4.79 Å². The second-order valence-corrected chi connectivity index (χ2v) is 4.46. The Hall–Kier alpha value is -0.350. The number of hydrogen-bond donors (Lipinski definition) is 0. The van der Waals surface area contributed by atoms with Gasteiger partial charge in [0.15, 0.2) is 0 Å². The van der Waals surface area contributed by atoms with Crippen LogP contribution < -0.4 is 0 Å². The topological polar surface area (TPSA) is 26.3 Å². The first-order valence-electron chi connectivity index (χ1n) is 4.19. The van der Waals surface area contributed by atoms with E-state index >= 15 is 0 Å². The highest BCUT2D eigenvalue weighted by Crippen LogP contribution is 2.28. The molecular formula is C10H10Br2O2. The fourth-order valence-corrected chi connectivity index (χ4v) is 1.85. The summed E-state index contributed by atoms with van der Waals surface area (Å²) in [6.07, 6.45) is 0. The Labute approximate surface area is 99.9 Å². The molecule has 0 spiro atoms. The van der Waals surface area contributed by atoms with Crippen LogP contribution in [-0.4, -0.2) is 12.6 Å². The molecule has 0 saturated carbocycles. The zero-order valence-electron chi connectivity index (χ0n) is 7.93. The van der Waals surface area contributed by atoms with Crippen LogP contribution in [0.5, 0.6) is 0 Å². The van der Waals surface area contributed by atoms with Crippen LogP contribution in [0.25, 0.3) is 0 Å². The molecule has 0 amide bonds. The summed E-state index contributed by atoms with van der Waals surface area (Å²) in [5.74, 6) is -0.288. The fraction of sp³-hybridized carbons (Fsp3) is 0.300. The standard InChI is InChI=1S/C10H10Br2O2/c1-3-14-10(13)7-4-6(2)9(12)8(11)5-7/h4-5H,3H2,1-2H3. The quantitative estimate of drug-likeness (QED) is 0.776. The normalized spacial score (nSPS) is 10.0. The smallest absolute Gasteiger partial charge is 0.338 e. The fourth-order valence-electron chi connectivity index (χ4n) is 1.06. The molecule has 0 aliphatic heterocycles. The molecule has 0 N–H and O–H groups in total. The second-order valence-electron chi connectivity index (χ2n) is 2.81. The monoisotopic (exact) mass is 320 g/mol. The lowest BCUT2D eigenvalue weighted by molar-refractivity contribution is 0.0526. The van der Waals surface area contributed by atoms with Gasteiger partial charge in [-0.25, -0.2) is 4.79 Å². The zero-order valence-corrected chi connectivity index (χ0v) is 11.1. The SMILES string of the molecule is CCOC(=O)c1cc(C)c(Br)c(Br)c1. The molecule has 14 heavy (non-hydrogen) atoms. The Morgan fingerprint density at radius 3 is 2.57 bits per heavy atom.